The summed E-state index contributed by atoms with van der Waals surface area (Å²) < 4.78 is 13.0. The van der Waals surface area contributed by atoms with Crippen LogP contribution in [0.15, 0.2) is 42.5 Å². The molecule has 1 aliphatic rings. The van der Waals surface area contributed by atoms with E-state index in [1.54, 1.807) is 18.9 Å². The maximum absolute atomic E-state index is 5.64. The van der Waals surface area contributed by atoms with Crippen molar-refractivity contribution in [2.45, 2.75) is 26.3 Å². The maximum Gasteiger partial charge on any atom is 0.248 e. The largest absolute Gasteiger partial charge is 0.496 e. The van der Waals surface area contributed by atoms with E-state index < -0.39 is 5.54 Å². The van der Waals surface area contributed by atoms with Crippen molar-refractivity contribution in [2.75, 3.05) is 19.5 Å². The summed E-state index contributed by atoms with van der Waals surface area (Å²) in [5.41, 5.74) is 4.48. The Morgan fingerprint density at radius 1 is 0.964 bits per heavy atom. The lowest BCUT2D eigenvalue weighted by molar-refractivity contribution is 0.402. The van der Waals surface area contributed by atoms with Gasteiger partial charge in [0, 0.05) is 11.1 Å². The minimum Gasteiger partial charge on any atom is -0.496 e. The molecule has 3 aromatic rings. The summed E-state index contributed by atoms with van der Waals surface area (Å²) in [4.78, 5) is 0. The lowest BCUT2D eigenvalue weighted by Gasteiger charge is -2.34. The molecule has 4 rings (SSSR count). The van der Waals surface area contributed by atoms with E-state index >= 15 is 0 Å². The first-order valence-corrected chi connectivity index (χ1v) is 9.05. The van der Waals surface area contributed by atoms with Crippen LogP contribution in [0.1, 0.15) is 29.2 Å². The normalized spacial score (nSPS) is 18.1. The van der Waals surface area contributed by atoms with Crippen LogP contribution in [0.3, 0.4) is 0 Å². The Bertz CT molecular complexity index is 1070. The van der Waals surface area contributed by atoms with Crippen LogP contribution < -0.4 is 14.8 Å². The van der Waals surface area contributed by atoms with Gasteiger partial charge in [0.2, 0.25) is 5.95 Å². The molecule has 1 atom stereocenters. The quantitative estimate of drug-likeness (QED) is 0.750. The van der Waals surface area contributed by atoms with Crippen LogP contribution in [-0.4, -0.2) is 34.4 Å². The number of aryl methyl sites for hydroxylation is 2. The number of ether oxygens (including phenoxy) is 2. The van der Waals surface area contributed by atoms with Crippen LogP contribution in [-0.2, 0) is 5.54 Å². The summed E-state index contributed by atoms with van der Waals surface area (Å²) in [6, 6.07) is 12.2. The predicted octanol–water partition coefficient (Wildman–Crippen LogP) is 3.54. The third-order valence-corrected chi connectivity index (χ3v) is 5.04. The van der Waals surface area contributed by atoms with Crippen molar-refractivity contribution in [3.8, 4) is 11.5 Å². The molecular formula is C21H23N5O2. The average molecular weight is 377 g/mol. The van der Waals surface area contributed by atoms with Gasteiger partial charge in [-0.25, -0.2) is 0 Å². The summed E-state index contributed by atoms with van der Waals surface area (Å²) in [6.45, 7) is 6.20. The topological polar surface area (TPSA) is 74.1 Å². The van der Waals surface area contributed by atoms with Crippen LogP contribution in [0, 0.1) is 13.8 Å². The highest BCUT2D eigenvalue weighted by Crippen LogP contribution is 2.41. The molecule has 1 N–H and O–H groups in total. The number of anilines is 1. The number of aromatic nitrogens is 4. The van der Waals surface area contributed by atoms with Crippen LogP contribution in [0.5, 0.6) is 11.5 Å². The molecule has 0 fully saturated rings. The van der Waals surface area contributed by atoms with E-state index in [0.717, 1.165) is 39.4 Å². The molecule has 0 unspecified atom stereocenters. The molecule has 1 aromatic heterocycles. The number of fused-ring (bicyclic) bond motifs is 1. The Hall–Kier alpha value is -3.35. The maximum atomic E-state index is 5.64. The SMILES string of the molecule is COc1ccc(C)cc1C1=C[C@](C)(c2cc(C)ccc2OC)Nc2nnnn21. The monoisotopic (exact) mass is 377 g/mol. The lowest BCUT2D eigenvalue weighted by Crippen LogP contribution is -2.35. The van der Waals surface area contributed by atoms with Crippen LogP contribution in [0.25, 0.3) is 5.70 Å². The van der Waals surface area contributed by atoms with E-state index in [1.807, 2.05) is 31.2 Å². The standard InChI is InChI=1S/C21H23N5O2/c1-13-6-8-18(27-4)15(10-13)17-12-21(3,22-20-23-24-25-26(17)20)16-11-14(2)7-9-19(16)28-5/h6-12H,1-5H3,(H,22,23,25)/t21-/m1/s1. The van der Waals surface area contributed by atoms with E-state index in [-0.39, 0.29) is 0 Å². The molecule has 0 radical (unpaired) electrons. The highest BCUT2D eigenvalue weighted by Gasteiger charge is 2.35. The van der Waals surface area contributed by atoms with Crippen molar-refractivity contribution in [2.24, 2.45) is 0 Å². The predicted molar refractivity (Wildman–Crippen MR) is 108 cm³/mol. The average Bonchev–Trinajstić information content (AvgIpc) is 3.15. The molecule has 0 bridgehead atoms. The molecule has 2 aromatic carbocycles. The highest BCUT2D eigenvalue weighted by atomic mass is 16.5. The molecule has 0 saturated heterocycles. The van der Waals surface area contributed by atoms with Crippen molar-refractivity contribution >= 4 is 11.6 Å². The zero-order valence-corrected chi connectivity index (χ0v) is 16.6. The summed E-state index contributed by atoms with van der Waals surface area (Å²) in [7, 11) is 3.34. The number of rotatable bonds is 4. The van der Waals surface area contributed by atoms with Gasteiger partial charge in [0.1, 0.15) is 11.5 Å². The molecule has 28 heavy (non-hydrogen) atoms. The van der Waals surface area contributed by atoms with Crippen molar-refractivity contribution in [3.63, 3.8) is 0 Å². The molecule has 144 valence electrons. The van der Waals surface area contributed by atoms with Gasteiger partial charge in [-0.3, -0.25) is 0 Å². The van der Waals surface area contributed by atoms with E-state index in [9.17, 15) is 0 Å². The second-order valence-corrected chi connectivity index (χ2v) is 7.18. The smallest absolute Gasteiger partial charge is 0.248 e. The molecule has 2 heterocycles. The van der Waals surface area contributed by atoms with E-state index in [2.05, 4.69) is 52.9 Å². The summed E-state index contributed by atoms with van der Waals surface area (Å²) in [5.74, 6) is 2.12. The number of hydrogen-bond acceptors (Lipinski definition) is 6. The Balaban J connectivity index is 1.97. The lowest BCUT2D eigenvalue weighted by atomic mass is 9.87. The molecule has 7 heteroatoms. The van der Waals surface area contributed by atoms with Gasteiger partial charge in [0.05, 0.1) is 25.5 Å². The number of methoxy groups -OCH3 is 2. The zero-order chi connectivity index (χ0) is 19.9. The molecule has 0 spiro atoms. The molecule has 0 amide bonds. The third-order valence-electron chi connectivity index (χ3n) is 5.04. The van der Waals surface area contributed by atoms with Gasteiger partial charge in [-0.15, -0.1) is 0 Å². The second kappa shape index (κ2) is 6.67. The van der Waals surface area contributed by atoms with E-state index in [0.29, 0.717) is 5.95 Å². The zero-order valence-electron chi connectivity index (χ0n) is 16.6. The Morgan fingerprint density at radius 2 is 1.64 bits per heavy atom. The van der Waals surface area contributed by atoms with Crippen LogP contribution >= 0.6 is 0 Å². The van der Waals surface area contributed by atoms with Gasteiger partial charge in [-0.1, -0.05) is 28.4 Å². The van der Waals surface area contributed by atoms with Crippen molar-refractivity contribution in [1.29, 1.82) is 0 Å². The van der Waals surface area contributed by atoms with Gasteiger partial charge >= 0.3 is 0 Å². The summed E-state index contributed by atoms with van der Waals surface area (Å²) in [6.07, 6.45) is 2.12. The fraction of sp³-hybridized carbons (Fsp3) is 0.286. The van der Waals surface area contributed by atoms with Gasteiger partial charge in [0.25, 0.3) is 0 Å². The Morgan fingerprint density at radius 3 is 2.36 bits per heavy atom. The van der Waals surface area contributed by atoms with Crippen molar-refractivity contribution in [1.82, 2.24) is 20.2 Å². The fourth-order valence-corrected chi connectivity index (χ4v) is 3.62. The third kappa shape index (κ3) is 2.89. The fourth-order valence-electron chi connectivity index (χ4n) is 3.62. The molecule has 1 aliphatic heterocycles. The molecular weight excluding hydrogens is 354 g/mol. The number of benzene rings is 2. The molecule has 7 nitrogen and oxygen atoms in total. The minimum absolute atomic E-state index is 0.562. The first-order valence-electron chi connectivity index (χ1n) is 9.05. The summed E-state index contributed by atoms with van der Waals surface area (Å²) >= 11 is 0. The number of tetrazole rings is 1. The van der Waals surface area contributed by atoms with Gasteiger partial charge in [0.15, 0.2) is 0 Å². The van der Waals surface area contributed by atoms with Crippen LogP contribution in [0.2, 0.25) is 0 Å². The van der Waals surface area contributed by atoms with Gasteiger partial charge in [-0.2, -0.15) is 4.68 Å². The van der Waals surface area contributed by atoms with Crippen molar-refractivity contribution < 1.29 is 9.47 Å². The van der Waals surface area contributed by atoms with E-state index in [4.69, 9.17) is 9.47 Å². The minimum atomic E-state index is -0.577. The molecule has 0 aliphatic carbocycles. The highest BCUT2D eigenvalue weighted by molar-refractivity contribution is 5.77. The summed E-state index contributed by atoms with van der Waals surface area (Å²) in [5, 5.41) is 15.7. The first-order chi connectivity index (χ1) is 13.4. The number of hydrogen-bond donors (Lipinski definition) is 1. The van der Waals surface area contributed by atoms with Crippen LogP contribution in [0.4, 0.5) is 5.95 Å². The molecule has 0 saturated carbocycles. The van der Waals surface area contributed by atoms with E-state index in [1.165, 1.54) is 0 Å². The second-order valence-electron chi connectivity index (χ2n) is 7.18. The van der Waals surface area contributed by atoms with Gasteiger partial charge < -0.3 is 14.8 Å². The Labute approximate surface area is 164 Å². The van der Waals surface area contributed by atoms with Crippen molar-refractivity contribution in [3.05, 3.63) is 64.7 Å². The number of nitrogens with zero attached hydrogens (tertiary/aromatic N) is 4. The number of nitrogens with one attached hydrogen (secondary N) is 1. The van der Waals surface area contributed by atoms with Gasteiger partial charge in [-0.05, 0) is 61.5 Å². The first kappa shape index (κ1) is 18.0. The Kier molecular flexibility index (Phi) is 4.30.